The van der Waals surface area contributed by atoms with Gasteiger partial charge >= 0.3 is 11.9 Å². The van der Waals surface area contributed by atoms with E-state index in [1.807, 2.05) is 0 Å². The van der Waals surface area contributed by atoms with Gasteiger partial charge in [-0.2, -0.15) is 0 Å². The third-order valence-corrected chi connectivity index (χ3v) is 1.44. The summed E-state index contributed by atoms with van der Waals surface area (Å²) in [6.45, 7) is 0. The zero-order valence-electron chi connectivity index (χ0n) is 7.66. The van der Waals surface area contributed by atoms with Gasteiger partial charge < -0.3 is 15.3 Å². The second-order valence-electron chi connectivity index (χ2n) is 2.26. The topological polar surface area (TPSA) is 91.0 Å². The average molecular weight is 223 g/mol. The van der Waals surface area contributed by atoms with Crippen molar-refractivity contribution in [2.24, 2.45) is 10.9 Å². The van der Waals surface area contributed by atoms with Crippen LogP contribution in [0.2, 0.25) is 0 Å². The fraction of sp³-hybridized carbons (Fsp3) is 0.571. The summed E-state index contributed by atoms with van der Waals surface area (Å²) in [6, 6.07) is 0. The predicted molar refractivity (Wildman–Crippen MR) is 49.7 cm³/mol. The molecule has 0 spiro atoms. The summed E-state index contributed by atoms with van der Waals surface area (Å²) in [5, 5.41) is 3.21. The monoisotopic (exact) mass is 222 g/mol. The Balaban J connectivity index is 3.71. The van der Waals surface area contributed by atoms with Gasteiger partial charge in [0.05, 0.1) is 25.8 Å². The molecule has 0 aromatic heterocycles. The lowest BCUT2D eigenvalue weighted by molar-refractivity contribution is -0.148. The number of amidine groups is 1. The fourth-order valence-corrected chi connectivity index (χ4v) is 0.535. The van der Waals surface area contributed by atoms with Gasteiger partial charge in [-0.05, 0) is 0 Å². The number of nitrogens with two attached hydrogens (primary N) is 1. The quantitative estimate of drug-likeness (QED) is 0.176. The van der Waals surface area contributed by atoms with Gasteiger partial charge in [0.2, 0.25) is 0 Å². The highest BCUT2D eigenvalue weighted by Crippen LogP contribution is 1.95. The molecule has 0 saturated heterocycles. The Morgan fingerprint density at radius 3 is 2.43 bits per heavy atom. The maximum Gasteiger partial charge on any atom is 0.335 e. The third-order valence-electron chi connectivity index (χ3n) is 1.16. The largest absolute Gasteiger partial charge is 0.469 e. The highest BCUT2D eigenvalue weighted by Gasteiger charge is 2.07. The van der Waals surface area contributed by atoms with Gasteiger partial charge in [0.15, 0.2) is 5.84 Å². The molecule has 2 N–H and O–H groups in total. The molecule has 0 unspecified atom stereocenters. The smallest absolute Gasteiger partial charge is 0.335 e. The predicted octanol–water partition coefficient (Wildman–Crippen LogP) is -0.00620. The van der Waals surface area contributed by atoms with E-state index in [-0.39, 0.29) is 24.6 Å². The third kappa shape index (κ3) is 6.24. The number of nitrogens with zero attached hydrogens (tertiary/aromatic N) is 1. The second kappa shape index (κ2) is 7.14. The molecule has 7 heteroatoms. The SMILES string of the molecule is COC(=O)CCC(=O)ON=C(N)CCl. The number of methoxy groups -OCH3 is 1. The molecule has 0 amide bonds. The Morgan fingerprint density at radius 1 is 1.36 bits per heavy atom. The number of hydrogen-bond acceptors (Lipinski definition) is 5. The van der Waals surface area contributed by atoms with Crippen molar-refractivity contribution in [3.63, 3.8) is 0 Å². The van der Waals surface area contributed by atoms with Crippen molar-refractivity contribution < 1.29 is 19.2 Å². The Hall–Kier alpha value is -1.30. The van der Waals surface area contributed by atoms with Crippen molar-refractivity contribution in [2.45, 2.75) is 12.8 Å². The Kier molecular flexibility index (Phi) is 6.47. The van der Waals surface area contributed by atoms with Crippen molar-refractivity contribution in [1.82, 2.24) is 0 Å². The van der Waals surface area contributed by atoms with Crippen LogP contribution in [0.4, 0.5) is 0 Å². The second-order valence-corrected chi connectivity index (χ2v) is 2.52. The molecule has 0 aliphatic heterocycles. The average Bonchev–Trinajstić information content (AvgIpc) is 2.22. The highest BCUT2D eigenvalue weighted by molar-refractivity contribution is 6.27. The van der Waals surface area contributed by atoms with E-state index in [4.69, 9.17) is 17.3 Å². The minimum atomic E-state index is -0.663. The molecule has 0 aromatic carbocycles. The summed E-state index contributed by atoms with van der Waals surface area (Å²) in [5.41, 5.74) is 5.15. The number of carbonyl (C=O) groups is 2. The van der Waals surface area contributed by atoms with E-state index in [9.17, 15) is 9.59 Å². The minimum absolute atomic E-state index is 0.00177. The van der Waals surface area contributed by atoms with Crippen LogP contribution in [0.5, 0.6) is 0 Å². The first-order chi connectivity index (χ1) is 6.60. The maximum absolute atomic E-state index is 10.8. The first kappa shape index (κ1) is 12.7. The van der Waals surface area contributed by atoms with Gasteiger partial charge in [0.1, 0.15) is 0 Å². The summed E-state index contributed by atoms with van der Waals surface area (Å²) in [4.78, 5) is 25.8. The van der Waals surface area contributed by atoms with E-state index in [1.54, 1.807) is 0 Å². The summed E-state index contributed by atoms with van der Waals surface area (Å²) in [5.74, 6) is -1.18. The molecule has 0 atom stereocenters. The van der Waals surface area contributed by atoms with Crippen LogP contribution in [0.25, 0.3) is 0 Å². The van der Waals surface area contributed by atoms with Crippen molar-refractivity contribution in [1.29, 1.82) is 0 Å². The van der Waals surface area contributed by atoms with E-state index >= 15 is 0 Å². The van der Waals surface area contributed by atoms with Crippen molar-refractivity contribution in [3.8, 4) is 0 Å². The molecular formula is C7H11ClN2O4. The Morgan fingerprint density at radius 2 is 1.93 bits per heavy atom. The number of hydrogen-bond donors (Lipinski definition) is 1. The zero-order valence-corrected chi connectivity index (χ0v) is 8.41. The van der Waals surface area contributed by atoms with Gasteiger partial charge in [0, 0.05) is 0 Å². The molecule has 6 nitrogen and oxygen atoms in total. The normalized spacial score (nSPS) is 10.9. The van der Waals surface area contributed by atoms with Gasteiger partial charge in [-0.15, -0.1) is 11.6 Å². The molecule has 0 bridgehead atoms. The van der Waals surface area contributed by atoms with Crippen LogP contribution in [0.3, 0.4) is 0 Å². The standard InChI is InChI=1S/C7H11ClN2O4/c1-13-6(11)2-3-7(12)14-10-5(9)4-8/h2-4H2,1H3,(H2,9,10). The number of rotatable bonds is 5. The highest BCUT2D eigenvalue weighted by atomic mass is 35.5. The van der Waals surface area contributed by atoms with Gasteiger partial charge in [-0.3, -0.25) is 4.79 Å². The molecule has 0 rings (SSSR count). The van der Waals surface area contributed by atoms with Crippen LogP contribution in [0.15, 0.2) is 5.16 Å². The summed E-state index contributed by atoms with van der Waals surface area (Å²) >= 11 is 5.26. The molecule has 0 aliphatic carbocycles. The number of oxime groups is 1. The summed E-state index contributed by atoms with van der Waals surface area (Å²) < 4.78 is 4.32. The zero-order chi connectivity index (χ0) is 11.0. The van der Waals surface area contributed by atoms with E-state index in [1.165, 1.54) is 7.11 Å². The molecule has 14 heavy (non-hydrogen) atoms. The van der Waals surface area contributed by atoms with Crippen LogP contribution in [-0.2, 0) is 19.2 Å². The van der Waals surface area contributed by atoms with Crippen LogP contribution in [0, 0.1) is 0 Å². The molecule has 80 valence electrons. The minimum Gasteiger partial charge on any atom is -0.469 e. The molecule has 0 aromatic rings. The lowest BCUT2D eigenvalue weighted by Crippen LogP contribution is -2.15. The first-order valence-electron chi connectivity index (χ1n) is 3.75. The summed E-state index contributed by atoms with van der Waals surface area (Å²) in [6.07, 6.45) is -0.155. The number of esters is 1. The molecule has 0 fully saturated rings. The summed E-state index contributed by atoms with van der Waals surface area (Å²) in [7, 11) is 1.23. The van der Waals surface area contributed by atoms with Crippen LogP contribution < -0.4 is 5.73 Å². The van der Waals surface area contributed by atoms with Gasteiger partial charge in [-0.25, -0.2) is 4.79 Å². The van der Waals surface area contributed by atoms with E-state index in [0.717, 1.165) is 0 Å². The lowest BCUT2D eigenvalue weighted by atomic mass is 10.3. The van der Waals surface area contributed by atoms with Crippen molar-refractivity contribution >= 4 is 29.4 Å². The Labute approximate surface area is 86.0 Å². The first-order valence-corrected chi connectivity index (χ1v) is 4.28. The molecule has 0 saturated carbocycles. The van der Waals surface area contributed by atoms with Crippen LogP contribution in [0.1, 0.15) is 12.8 Å². The van der Waals surface area contributed by atoms with Crippen LogP contribution >= 0.6 is 11.6 Å². The number of halogens is 1. The van der Waals surface area contributed by atoms with E-state index in [2.05, 4.69) is 14.7 Å². The molecule has 0 heterocycles. The van der Waals surface area contributed by atoms with Crippen molar-refractivity contribution in [2.75, 3.05) is 13.0 Å². The molecular weight excluding hydrogens is 212 g/mol. The van der Waals surface area contributed by atoms with E-state index in [0.29, 0.717) is 0 Å². The molecule has 0 aliphatic rings. The number of alkyl halides is 1. The maximum atomic E-state index is 10.8. The number of ether oxygens (including phenoxy) is 1. The number of carbonyl (C=O) groups excluding carboxylic acids is 2. The molecule has 0 radical (unpaired) electrons. The van der Waals surface area contributed by atoms with Gasteiger partial charge in [0.25, 0.3) is 0 Å². The van der Waals surface area contributed by atoms with Crippen LogP contribution in [-0.4, -0.2) is 30.8 Å². The lowest BCUT2D eigenvalue weighted by Gasteiger charge is -1.98. The fourth-order valence-electron chi connectivity index (χ4n) is 0.486. The Bertz CT molecular complexity index is 242. The van der Waals surface area contributed by atoms with Gasteiger partial charge in [-0.1, -0.05) is 5.16 Å². The van der Waals surface area contributed by atoms with E-state index < -0.39 is 11.9 Å². The van der Waals surface area contributed by atoms with Crippen molar-refractivity contribution in [3.05, 3.63) is 0 Å².